The van der Waals surface area contributed by atoms with Crippen molar-refractivity contribution in [3.05, 3.63) is 48.5 Å². The lowest BCUT2D eigenvalue weighted by Crippen LogP contribution is -2.09. The van der Waals surface area contributed by atoms with Crippen LogP contribution in [0.15, 0.2) is 42.9 Å². The number of imidazole rings is 1. The average molecular weight is 266 g/mol. The zero-order chi connectivity index (χ0) is 14.1. The fourth-order valence-electron chi connectivity index (χ4n) is 2.15. The van der Waals surface area contributed by atoms with Gasteiger partial charge in [-0.1, -0.05) is 0 Å². The highest BCUT2D eigenvalue weighted by molar-refractivity contribution is 5.86. The van der Waals surface area contributed by atoms with Crippen molar-refractivity contribution in [3.8, 4) is 11.4 Å². The summed E-state index contributed by atoms with van der Waals surface area (Å²) < 4.78 is 1.94. The number of carbonyl (C=O) groups is 1. The molecule has 0 saturated heterocycles. The standard InChI is InChI=1S/C15H14N4O/c1-18(2)12-3-4-14-13(10-20)17-15(19(14)9-12)11-5-7-16-8-6-11/h3-10H,1-2H3. The molecule has 3 aromatic rings. The molecule has 0 aliphatic heterocycles. The normalized spacial score (nSPS) is 10.7. The molecule has 0 aromatic carbocycles. The second-order valence-corrected chi connectivity index (χ2v) is 4.71. The highest BCUT2D eigenvalue weighted by atomic mass is 16.1. The van der Waals surface area contributed by atoms with Crippen LogP contribution in [0, 0.1) is 0 Å². The van der Waals surface area contributed by atoms with Gasteiger partial charge in [-0.25, -0.2) is 4.98 Å². The summed E-state index contributed by atoms with van der Waals surface area (Å²) >= 11 is 0. The van der Waals surface area contributed by atoms with Gasteiger partial charge in [-0.15, -0.1) is 0 Å². The second-order valence-electron chi connectivity index (χ2n) is 4.71. The van der Waals surface area contributed by atoms with Crippen LogP contribution < -0.4 is 4.90 Å². The third-order valence-electron chi connectivity index (χ3n) is 3.22. The first-order valence-corrected chi connectivity index (χ1v) is 6.25. The van der Waals surface area contributed by atoms with Gasteiger partial charge in [0.05, 0.1) is 11.2 Å². The van der Waals surface area contributed by atoms with E-state index in [-0.39, 0.29) is 0 Å². The Hall–Kier alpha value is -2.69. The number of hydrogen-bond donors (Lipinski definition) is 0. The molecule has 0 aliphatic carbocycles. The van der Waals surface area contributed by atoms with Crippen LogP contribution in [-0.2, 0) is 0 Å². The quantitative estimate of drug-likeness (QED) is 0.682. The van der Waals surface area contributed by atoms with E-state index in [1.165, 1.54) is 0 Å². The Labute approximate surface area is 116 Å². The van der Waals surface area contributed by atoms with E-state index in [9.17, 15) is 4.79 Å². The smallest absolute Gasteiger partial charge is 0.170 e. The van der Waals surface area contributed by atoms with Gasteiger partial charge < -0.3 is 4.90 Å². The first-order valence-electron chi connectivity index (χ1n) is 6.25. The summed E-state index contributed by atoms with van der Waals surface area (Å²) in [7, 11) is 3.95. The highest BCUT2D eigenvalue weighted by Crippen LogP contribution is 2.24. The number of nitrogens with zero attached hydrogens (tertiary/aromatic N) is 4. The van der Waals surface area contributed by atoms with Crippen molar-refractivity contribution in [3.63, 3.8) is 0 Å². The summed E-state index contributed by atoms with van der Waals surface area (Å²) in [5, 5.41) is 0. The maximum atomic E-state index is 11.2. The summed E-state index contributed by atoms with van der Waals surface area (Å²) in [6.07, 6.45) is 6.19. The Morgan fingerprint density at radius 2 is 1.90 bits per heavy atom. The summed E-state index contributed by atoms with van der Waals surface area (Å²) in [5.41, 5.74) is 3.22. The summed E-state index contributed by atoms with van der Waals surface area (Å²) in [4.78, 5) is 21.6. The SMILES string of the molecule is CN(C)c1ccc2c(C=O)nc(-c3ccncc3)n2c1. The van der Waals surface area contributed by atoms with Crippen molar-refractivity contribution in [1.29, 1.82) is 0 Å². The lowest BCUT2D eigenvalue weighted by molar-refractivity contribution is 0.112. The fourth-order valence-corrected chi connectivity index (χ4v) is 2.15. The minimum atomic E-state index is 0.446. The number of aromatic nitrogens is 3. The number of carbonyl (C=O) groups excluding carboxylic acids is 1. The predicted octanol–water partition coefficient (Wildman–Crippen LogP) is 2.27. The van der Waals surface area contributed by atoms with Gasteiger partial charge in [0.15, 0.2) is 6.29 Å². The lowest BCUT2D eigenvalue weighted by Gasteiger charge is -2.13. The number of rotatable bonds is 3. The molecule has 0 spiro atoms. The maximum absolute atomic E-state index is 11.2. The molecule has 5 nitrogen and oxygen atoms in total. The summed E-state index contributed by atoms with van der Waals surface area (Å²) in [6.45, 7) is 0. The largest absolute Gasteiger partial charge is 0.376 e. The van der Waals surface area contributed by atoms with E-state index in [4.69, 9.17) is 0 Å². The molecule has 5 heteroatoms. The molecule has 0 bridgehead atoms. The molecule has 0 N–H and O–H groups in total. The predicted molar refractivity (Wildman–Crippen MR) is 78.1 cm³/mol. The van der Waals surface area contributed by atoms with Crippen LogP contribution in [0.2, 0.25) is 0 Å². The summed E-state index contributed by atoms with van der Waals surface area (Å²) in [5.74, 6) is 0.744. The highest BCUT2D eigenvalue weighted by Gasteiger charge is 2.12. The topological polar surface area (TPSA) is 50.5 Å². The van der Waals surface area contributed by atoms with E-state index in [2.05, 4.69) is 9.97 Å². The molecule has 3 aromatic heterocycles. The molecule has 0 aliphatic rings. The number of hydrogen-bond acceptors (Lipinski definition) is 4. The molecule has 100 valence electrons. The van der Waals surface area contributed by atoms with Crippen LogP contribution in [0.5, 0.6) is 0 Å². The van der Waals surface area contributed by atoms with E-state index in [0.717, 1.165) is 28.9 Å². The lowest BCUT2D eigenvalue weighted by atomic mass is 10.2. The van der Waals surface area contributed by atoms with Crippen LogP contribution in [0.25, 0.3) is 16.9 Å². The van der Waals surface area contributed by atoms with E-state index in [1.807, 2.05) is 53.9 Å². The minimum Gasteiger partial charge on any atom is -0.376 e. The molecule has 0 atom stereocenters. The van der Waals surface area contributed by atoms with Gasteiger partial charge in [0, 0.05) is 38.2 Å². The molecular formula is C15H14N4O. The molecule has 0 unspecified atom stereocenters. The third kappa shape index (κ3) is 1.93. The first-order chi connectivity index (χ1) is 9.70. The second kappa shape index (κ2) is 4.77. The van der Waals surface area contributed by atoms with Crippen molar-refractivity contribution in [2.24, 2.45) is 0 Å². The van der Waals surface area contributed by atoms with Gasteiger partial charge in [-0.05, 0) is 24.3 Å². The van der Waals surface area contributed by atoms with Gasteiger partial charge in [0.25, 0.3) is 0 Å². The van der Waals surface area contributed by atoms with Crippen molar-refractivity contribution < 1.29 is 4.79 Å². The van der Waals surface area contributed by atoms with Gasteiger partial charge in [-0.2, -0.15) is 0 Å². The molecule has 0 fully saturated rings. The van der Waals surface area contributed by atoms with E-state index in [0.29, 0.717) is 5.69 Å². The Morgan fingerprint density at radius 3 is 2.55 bits per heavy atom. The van der Waals surface area contributed by atoms with Gasteiger partial charge in [0.2, 0.25) is 0 Å². The molecule has 3 rings (SSSR count). The Balaban J connectivity index is 2.31. The number of fused-ring (bicyclic) bond motifs is 1. The van der Waals surface area contributed by atoms with E-state index >= 15 is 0 Å². The monoisotopic (exact) mass is 266 g/mol. The maximum Gasteiger partial charge on any atom is 0.170 e. The molecular weight excluding hydrogens is 252 g/mol. The van der Waals surface area contributed by atoms with Crippen LogP contribution in [0.3, 0.4) is 0 Å². The van der Waals surface area contributed by atoms with E-state index in [1.54, 1.807) is 12.4 Å². The van der Waals surface area contributed by atoms with Gasteiger partial charge in [0.1, 0.15) is 11.5 Å². The molecule has 3 heterocycles. The average Bonchev–Trinajstić information content (AvgIpc) is 2.86. The van der Waals surface area contributed by atoms with E-state index < -0.39 is 0 Å². The number of anilines is 1. The number of aldehydes is 1. The Bertz CT molecular complexity index is 762. The molecule has 0 saturated carbocycles. The van der Waals surface area contributed by atoms with Crippen LogP contribution in [-0.4, -0.2) is 34.8 Å². The third-order valence-corrected chi connectivity index (χ3v) is 3.22. The van der Waals surface area contributed by atoms with Crippen molar-refractivity contribution in [2.45, 2.75) is 0 Å². The molecule has 0 radical (unpaired) electrons. The van der Waals surface area contributed by atoms with Crippen LogP contribution in [0.4, 0.5) is 5.69 Å². The minimum absolute atomic E-state index is 0.446. The number of pyridine rings is 2. The zero-order valence-electron chi connectivity index (χ0n) is 11.3. The Morgan fingerprint density at radius 1 is 1.15 bits per heavy atom. The van der Waals surface area contributed by atoms with Crippen molar-refractivity contribution in [2.75, 3.05) is 19.0 Å². The Kier molecular flexibility index (Phi) is 2.95. The van der Waals surface area contributed by atoms with Crippen LogP contribution >= 0.6 is 0 Å². The van der Waals surface area contributed by atoms with Gasteiger partial charge in [-0.3, -0.25) is 14.2 Å². The first kappa shape index (κ1) is 12.3. The van der Waals surface area contributed by atoms with Crippen LogP contribution in [0.1, 0.15) is 10.5 Å². The van der Waals surface area contributed by atoms with Gasteiger partial charge >= 0.3 is 0 Å². The molecule has 20 heavy (non-hydrogen) atoms. The zero-order valence-corrected chi connectivity index (χ0v) is 11.3. The fraction of sp³-hybridized carbons (Fsp3) is 0.133. The van der Waals surface area contributed by atoms with Crippen molar-refractivity contribution >= 4 is 17.5 Å². The summed E-state index contributed by atoms with van der Waals surface area (Å²) in [6, 6.07) is 7.65. The molecule has 0 amide bonds. The van der Waals surface area contributed by atoms with Crippen molar-refractivity contribution in [1.82, 2.24) is 14.4 Å².